The van der Waals surface area contributed by atoms with Crippen molar-refractivity contribution in [3.8, 4) is 209 Å². The highest BCUT2D eigenvalue weighted by Gasteiger charge is 2.26. The summed E-state index contributed by atoms with van der Waals surface area (Å²) in [5.74, 6) is 2.23. The molecule has 22 rings (SSSR count). The summed E-state index contributed by atoms with van der Waals surface area (Å²) in [5, 5.41) is 0.778. The monoisotopic (exact) mass is 1930 g/mol. The SMILES string of the molecule is ClCCl.ClCCl.ClCCl.ClCCl.O=Cc1ccc(-c2nc3nc(n2)Oc2cc4cc(c2)Oc2nc(nc(-c5ccc(C=O)cc5)n2)Oc2cc(cc(c2)Oc2nc(nc(-c5ccc(C=O)cc5)n2)O4)O3)cc1.O=Cc1ccc(-c2nc3nc(n2)Oc2cc4cc(c2)Oc2nc(nc(-c5ccc(C=O)cc5)n2)Oc2cc(cc(c2)Oc2nc(nc(-c5ccc(C=O)cc5)n2)O4)O3)cc1. The number of ether oxygens (including phenoxy) is 12. The van der Waals surface area contributed by atoms with Crippen molar-refractivity contribution in [2.24, 2.45) is 0 Å². The van der Waals surface area contributed by atoms with Crippen molar-refractivity contribution in [3.05, 3.63) is 252 Å². The van der Waals surface area contributed by atoms with Crippen LogP contribution in [0, 0.1) is 0 Å². The summed E-state index contributed by atoms with van der Waals surface area (Å²) in [7, 11) is 0. The van der Waals surface area contributed by atoms with Gasteiger partial charge in [-0.15, -0.1) is 123 Å². The van der Waals surface area contributed by atoms with Gasteiger partial charge in [0.1, 0.15) is 107 Å². The second-order valence-corrected chi connectivity index (χ2v) is 29.2. The van der Waals surface area contributed by atoms with Gasteiger partial charge >= 0.3 is 72.1 Å². The zero-order valence-electron chi connectivity index (χ0n) is 66.5. The molecule has 0 N–H and O–H groups in total. The molecule has 24 bridgehead atoms. The van der Waals surface area contributed by atoms with E-state index in [0.717, 1.165) is 37.7 Å². The zero-order valence-corrected chi connectivity index (χ0v) is 72.5. The van der Waals surface area contributed by atoms with Crippen molar-refractivity contribution in [2.75, 3.05) is 21.4 Å². The molecule has 0 fully saturated rings. The lowest BCUT2D eigenvalue weighted by Gasteiger charge is -2.16. The van der Waals surface area contributed by atoms with Gasteiger partial charge in [0.25, 0.3) is 0 Å². The van der Waals surface area contributed by atoms with Gasteiger partial charge < -0.3 is 56.8 Å². The first-order valence-electron chi connectivity index (χ1n) is 37.6. The number of rotatable bonds is 12. The van der Waals surface area contributed by atoms with Crippen LogP contribution in [0.15, 0.2) is 218 Å². The lowest BCUT2D eigenvalue weighted by molar-refractivity contribution is 0.111. The highest BCUT2D eigenvalue weighted by molar-refractivity contribution is 6.41. The van der Waals surface area contributed by atoms with Gasteiger partial charge in [0.2, 0.25) is 0 Å². The molecule has 12 heterocycles. The minimum Gasteiger partial charge on any atom is -0.424 e. The third-order valence-corrected chi connectivity index (χ3v) is 17.3. The molecule has 6 aliphatic rings. The minimum absolute atomic E-state index is 0.107. The van der Waals surface area contributed by atoms with Gasteiger partial charge in [0.05, 0.1) is 21.4 Å². The van der Waals surface area contributed by atoms with Crippen molar-refractivity contribution < 1.29 is 85.6 Å². The summed E-state index contributed by atoms with van der Waals surface area (Å²) in [5.41, 5.74) is 5.89. The average Bonchev–Trinajstić information content (AvgIpc) is 0.785. The van der Waals surface area contributed by atoms with Crippen LogP contribution in [0.1, 0.15) is 62.1 Å². The Morgan fingerprint density at radius 3 is 0.333 bits per heavy atom. The molecule has 6 aliphatic heterocycles. The van der Waals surface area contributed by atoms with Crippen molar-refractivity contribution in [3.63, 3.8) is 0 Å². The van der Waals surface area contributed by atoms with E-state index < -0.39 is 0 Å². The first-order valence-corrected chi connectivity index (χ1v) is 41.9. The smallest absolute Gasteiger partial charge is 0.328 e. The van der Waals surface area contributed by atoms with Crippen LogP contribution in [-0.4, -0.2) is 149 Å². The Kier molecular flexibility index (Phi) is 29.9. The maximum Gasteiger partial charge on any atom is 0.328 e. The van der Waals surface area contributed by atoms with Gasteiger partial charge in [-0.2, -0.15) is 59.8 Å². The first kappa shape index (κ1) is 91.0. The molecule has 0 radical (unpaired) electrons. The number of carbonyl (C=O) groups is 6. The average molecular weight is 1930 g/mol. The molecule has 0 spiro atoms. The number of halogens is 8. The Bertz CT molecular complexity index is 5610. The lowest BCUT2D eigenvalue weighted by atomic mass is 10.1. The fraction of sp³-hybridized carbons (Fsp3) is 0.0455. The summed E-state index contributed by atoms with van der Waals surface area (Å²) in [6.07, 6.45) is 4.34. The van der Waals surface area contributed by atoms with Crippen molar-refractivity contribution in [1.82, 2.24) is 89.7 Å². The molecular formula is C88H50Cl8N18O18. The summed E-state index contributed by atoms with van der Waals surface area (Å²) in [4.78, 5) is 149. The Hall–Kier alpha value is -15.8. The molecule has 0 saturated heterocycles. The second kappa shape index (κ2) is 43.3. The predicted octanol–water partition coefficient (Wildman–Crippen LogP) is 21.8. The Morgan fingerprint density at radius 2 is 0.250 bits per heavy atom. The highest BCUT2D eigenvalue weighted by Crippen LogP contribution is 2.44. The number of aldehydes is 6. The number of carbonyl (C=O) groups excluding carboxylic acids is 6. The second-order valence-electron chi connectivity index (χ2n) is 26.0. The van der Waals surface area contributed by atoms with E-state index in [-0.39, 0.29) is 197 Å². The molecule has 44 heteroatoms. The quantitative estimate of drug-likeness (QED) is 0.0809. The van der Waals surface area contributed by atoms with Crippen LogP contribution in [0.4, 0.5) is 0 Å². The summed E-state index contributed by atoms with van der Waals surface area (Å²) in [6.45, 7) is 0. The van der Waals surface area contributed by atoms with E-state index in [1.165, 1.54) is 72.8 Å². The molecule has 0 amide bonds. The topological polar surface area (TPSA) is 445 Å². The molecule has 0 aliphatic carbocycles. The molecule has 0 atom stereocenters. The van der Waals surface area contributed by atoms with Crippen LogP contribution in [0.3, 0.4) is 0 Å². The fourth-order valence-electron chi connectivity index (χ4n) is 11.8. The van der Waals surface area contributed by atoms with Crippen LogP contribution in [0.2, 0.25) is 0 Å². The van der Waals surface area contributed by atoms with Gasteiger partial charge in [0.15, 0.2) is 34.9 Å². The fourth-order valence-corrected chi connectivity index (χ4v) is 11.8. The number of aromatic nitrogens is 18. The van der Waals surface area contributed by atoms with Gasteiger partial charge in [-0.1, -0.05) is 146 Å². The molecule has 0 unspecified atom stereocenters. The normalized spacial score (nSPS) is 11.5. The molecule has 0 saturated carbocycles. The summed E-state index contributed by atoms with van der Waals surface area (Å²) >= 11 is 38.1. The molecule has 656 valence electrons. The Labute approximate surface area is 783 Å². The summed E-state index contributed by atoms with van der Waals surface area (Å²) < 4.78 is 75.0. The van der Waals surface area contributed by atoms with Gasteiger partial charge in [-0.3, -0.25) is 28.8 Å². The van der Waals surface area contributed by atoms with Crippen LogP contribution >= 0.6 is 92.8 Å². The molecule has 10 aromatic carbocycles. The molecule has 6 aromatic heterocycles. The zero-order chi connectivity index (χ0) is 92.0. The Balaban J connectivity index is 0.000000181. The van der Waals surface area contributed by atoms with Crippen LogP contribution in [0.5, 0.6) is 141 Å². The van der Waals surface area contributed by atoms with E-state index in [0.29, 0.717) is 66.8 Å². The van der Waals surface area contributed by atoms with E-state index in [4.69, 9.17) is 150 Å². The predicted molar refractivity (Wildman–Crippen MR) is 477 cm³/mol. The van der Waals surface area contributed by atoms with Crippen molar-refractivity contribution >= 4 is 131 Å². The molecular weight excluding hydrogens is 1880 g/mol. The van der Waals surface area contributed by atoms with Crippen LogP contribution in [-0.2, 0) is 0 Å². The van der Waals surface area contributed by atoms with E-state index in [1.54, 1.807) is 146 Å². The number of hydrogen-bond acceptors (Lipinski definition) is 36. The van der Waals surface area contributed by atoms with Gasteiger partial charge in [-0.25, -0.2) is 0 Å². The highest BCUT2D eigenvalue weighted by atomic mass is 35.5. The number of hydrogen-bond donors (Lipinski definition) is 0. The minimum atomic E-state index is -0.187. The summed E-state index contributed by atoms with van der Waals surface area (Å²) in [6, 6.07) is 55.2. The van der Waals surface area contributed by atoms with E-state index in [9.17, 15) is 28.8 Å². The number of benzene rings is 10. The molecule has 16 aromatic rings. The van der Waals surface area contributed by atoms with E-state index in [1.807, 2.05) is 0 Å². The van der Waals surface area contributed by atoms with Crippen LogP contribution < -0.4 is 56.8 Å². The number of nitrogens with zero attached hydrogens (tertiary/aromatic N) is 18. The molecule has 132 heavy (non-hydrogen) atoms. The van der Waals surface area contributed by atoms with Crippen molar-refractivity contribution in [2.45, 2.75) is 0 Å². The molecule has 36 nitrogen and oxygen atoms in total. The maximum absolute atomic E-state index is 11.4. The first-order chi connectivity index (χ1) is 64.4. The van der Waals surface area contributed by atoms with Gasteiger partial charge in [-0.05, 0) is 0 Å². The largest absolute Gasteiger partial charge is 0.424 e. The van der Waals surface area contributed by atoms with E-state index >= 15 is 0 Å². The third kappa shape index (κ3) is 23.8. The Morgan fingerprint density at radius 1 is 0.159 bits per heavy atom. The third-order valence-electron chi connectivity index (χ3n) is 17.3. The maximum atomic E-state index is 11.4. The lowest BCUT2D eigenvalue weighted by Crippen LogP contribution is -2.05. The van der Waals surface area contributed by atoms with Crippen LogP contribution in [0.25, 0.3) is 68.3 Å². The number of alkyl halides is 8. The van der Waals surface area contributed by atoms with Gasteiger partial charge in [0, 0.05) is 140 Å². The standard InChI is InChI=1S/2C42H21N9O9.4CH2Cl2/c2*52-19-22-1-7-25(8-2-22)34-43-37-49-38(44-34)56-29-14-31-18-33(16-29)60-42-48-36(27-11-5-24(21-54)6-12-27)47-41(51-42)59-32-15-28(55-37)13-30(17-32)57-39-45-35(46-40(50-39)58-31)26-9-3-23(20-53)4-10-26;4*2-1-3/h2*1-21H;4*1H2. The van der Waals surface area contributed by atoms with E-state index in [2.05, 4.69) is 89.7 Å². The van der Waals surface area contributed by atoms with Crippen molar-refractivity contribution in [1.29, 1.82) is 0 Å².